The molecule has 4 aromatic carbocycles. The van der Waals surface area contributed by atoms with E-state index in [4.69, 9.17) is 9.47 Å². The van der Waals surface area contributed by atoms with Gasteiger partial charge in [0.1, 0.15) is 11.3 Å². The molecule has 1 atom stereocenters. The van der Waals surface area contributed by atoms with Gasteiger partial charge in [-0.3, -0.25) is 0 Å². The molecule has 0 spiro atoms. The lowest BCUT2D eigenvalue weighted by molar-refractivity contribution is -0.0500. The van der Waals surface area contributed by atoms with Crippen molar-refractivity contribution < 1.29 is 40.0 Å². The maximum atomic E-state index is 13.5. The number of alkyl halides is 3. The first-order chi connectivity index (χ1) is 20.9. The Labute approximate surface area is 253 Å². The number of benzene rings is 4. The SMILES string of the molecule is CCN(CC)c1ccc(C2(c3ccccc3)C=Cc3c(C(=O)OC)c(OS(=O)(=O)C(F)(F)F)c4ccc(C)cc4c3O2)cc1. The summed E-state index contributed by atoms with van der Waals surface area (Å²) < 4.78 is 81.2. The summed E-state index contributed by atoms with van der Waals surface area (Å²) in [5.41, 5.74) is -4.22. The monoisotopic (exact) mass is 625 g/mol. The second-order valence-corrected chi connectivity index (χ2v) is 11.8. The van der Waals surface area contributed by atoms with E-state index < -0.39 is 38.5 Å². The van der Waals surface area contributed by atoms with Gasteiger partial charge in [-0.2, -0.15) is 21.6 Å². The molecule has 0 saturated carbocycles. The molecule has 0 bridgehead atoms. The van der Waals surface area contributed by atoms with Gasteiger partial charge in [0.25, 0.3) is 0 Å². The van der Waals surface area contributed by atoms with Gasteiger partial charge < -0.3 is 18.6 Å². The van der Waals surface area contributed by atoms with E-state index in [0.29, 0.717) is 5.56 Å². The molecule has 0 aromatic heterocycles. The van der Waals surface area contributed by atoms with Gasteiger partial charge in [-0.1, -0.05) is 60.2 Å². The van der Waals surface area contributed by atoms with Crippen LogP contribution >= 0.6 is 0 Å². The van der Waals surface area contributed by atoms with Crippen molar-refractivity contribution in [3.63, 3.8) is 0 Å². The Morgan fingerprint density at radius 3 is 2.16 bits per heavy atom. The van der Waals surface area contributed by atoms with Crippen molar-refractivity contribution in [3.05, 3.63) is 107 Å². The molecule has 0 saturated heterocycles. The highest BCUT2D eigenvalue weighted by Crippen LogP contribution is 2.50. The number of methoxy groups -OCH3 is 1. The summed E-state index contributed by atoms with van der Waals surface area (Å²) in [5.74, 6) is -1.74. The zero-order chi connectivity index (χ0) is 31.9. The number of carbonyl (C=O) groups is 1. The number of anilines is 1. The summed E-state index contributed by atoms with van der Waals surface area (Å²) in [6.07, 6.45) is 3.22. The number of ether oxygens (including phenoxy) is 2. The quantitative estimate of drug-likeness (QED) is 0.115. The van der Waals surface area contributed by atoms with Crippen molar-refractivity contribution >= 4 is 38.6 Å². The molecule has 0 amide bonds. The number of fused-ring (bicyclic) bond motifs is 3. The minimum Gasteiger partial charge on any atom is -0.472 e. The molecule has 7 nitrogen and oxygen atoms in total. The molecule has 1 aliphatic rings. The second-order valence-electron chi connectivity index (χ2n) is 10.2. The van der Waals surface area contributed by atoms with Crippen LogP contribution in [0.1, 0.15) is 46.5 Å². The fourth-order valence-corrected chi connectivity index (χ4v) is 5.93. The van der Waals surface area contributed by atoms with Gasteiger partial charge in [-0.25, -0.2) is 4.79 Å². The minimum atomic E-state index is -6.14. The van der Waals surface area contributed by atoms with Crippen molar-refractivity contribution in [1.29, 1.82) is 0 Å². The number of carbonyl (C=O) groups excluding carboxylic acids is 1. The van der Waals surface area contributed by atoms with Crippen molar-refractivity contribution in [3.8, 4) is 11.5 Å². The number of rotatable bonds is 8. The van der Waals surface area contributed by atoms with Crippen LogP contribution in [0.25, 0.3) is 16.8 Å². The van der Waals surface area contributed by atoms with Crippen LogP contribution in [0.5, 0.6) is 11.5 Å². The highest BCUT2D eigenvalue weighted by molar-refractivity contribution is 7.88. The number of halogens is 3. The van der Waals surface area contributed by atoms with E-state index in [1.165, 1.54) is 12.1 Å². The van der Waals surface area contributed by atoms with E-state index in [-0.39, 0.29) is 22.1 Å². The van der Waals surface area contributed by atoms with Crippen molar-refractivity contribution in [1.82, 2.24) is 0 Å². The standard InChI is InChI=1S/C33H30F3NO6S/c1-5-37(6-2)24-15-13-23(14-16-24)32(22-10-8-7-9-11-22)19-18-26-28(31(38)41-4)30(43-44(39,40)33(34,35)36)25-17-12-21(3)20-27(25)29(26)42-32/h7-20H,5-6H2,1-4H3. The Morgan fingerprint density at radius 2 is 1.57 bits per heavy atom. The smallest absolute Gasteiger partial charge is 0.472 e. The van der Waals surface area contributed by atoms with Gasteiger partial charge in [-0.05, 0) is 51.1 Å². The Balaban J connectivity index is 1.81. The predicted octanol–water partition coefficient (Wildman–Crippen LogP) is 7.36. The van der Waals surface area contributed by atoms with Gasteiger partial charge in [0.2, 0.25) is 0 Å². The molecule has 44 heavy (non-hydrogen) atoms. The molecule has 230 valence electrons. The number of aryl methyl sites for hydroxylation is 1. The first-order valence-corrected chi connectivity index (χ1v) is 15.3. The third-order valence-electron chi connectivity index (χ3n) is 7.65. The molecule has 0 radical (unpaired) electrons. The van der Waals surface area contributed by atoms with Gasteiger partial charge >= 0.3 is 21.6 Å². The Hall–Kier alpha value is -4.51. The molecule has 4 aromatic rings. The van der Waals surface area contributed by atoms with E-state index in [1.54, 1.807) is 25.1 Å². The van der Waals surface area contributed by atoms with Gasteiger partial charge in [0, 0.05) is 46.2 Å². The average molecular weight is 626 g/mol. The van der Waals surface area contributed by atoms with Crippen LogP contribution in [-0.2, 0) is 20.5 Å². The number of hydrogen-bond donors (Lipinski definition) is 0. The van der Waals surface area contributed by atoms with Gasteiger partial charge in [-0.15, -0.1) is 0 Å². The summed E-state index contributed by atoms with van der Waals surface area (Å²) in [7, 11) is -5.11. The maximum absolute atomic E-state index is 13.5. The van der Waals surface area contributed by atoms with E-state index >= 15 is 0 Å². The van der Waals surface area contributed by atoms with E-state index in [0.717, 1.165) is 37.0 Å². The van der Waals surface area contributed by atoms with E-state index in [1.807, 2.05) is 54.6 Å². The third kappa shape index (κ3) is 5.25. The third-order valence-corrected chi connectivity index (χ3v) is 8.60. The number of esters is 1. The Morgan fingerprint density at radius 1 is 0.932 bits per heavy atom. The van der Waals surface area contributed by atoms with Crippen molar-refractivity contribution in [2.75, 3.05) is 25.1 Å². The van der Waals surface area contributed by atoms with E-state index in [2.05, 4.69) is 22.9 Å². The lowest BCUT2D eigenvalue weighted by atomic mass is 9.82. The largest absolute Gasteiger partial charge is 0.534 e. The molecule has 1 unspecified atom stereocenters. The summed E-state index contributed by atoms with van der Waals surface area (Å²) in [6, 6.07) is 21.8. The predicted molar refractivity (Wildman–Crippen MR) is 163 cm³/mol. The topological polar surface area (TPSA) is 82.1 Å². The van der Waals surface area contributed by atoms with Crippen molar-refractivity contribution in [2.45, 2.75) is 31.9 Å². The Bertz CT molecular complexity index is 1850. The zero-order valence-corrected chi connectivity index (χ0v) is 25.3. The molecule has 11 heteroatoms. The average Bonchev–Trinajstić information content (AvgIpc) is 3.01. The molecule has 1 aliphatic heterocycles. The molecular formula is C33H30F3NO6S. The first-order valence-electron chi connectivity index (χ1n) is 13.9. The normalized spacial score (nSPS) is 16.2. The summed E-state index contributed by atoms with van der Waals surface area (Å²) in [5, 5.41) is 0.182. The molecule has 0 aliphatic carbocycles. The molecule has 0 fully saturated rings. The molecule has 5 rings (SSSR count). The van der Waals surface area contributed by atoms with Crippen LogP contribution < -0.4 is 13.8 Å². The first kappa shape index (κ1) is 30.9. The van der Waals surface area contributed by atoms with Gasteiger partial charge in [0.15, 0.2) is 11.4 Å². The number of hydrogen-bond acceptors (Lipinski definition) is 7. The lowest BCUT2D eigenvalue weighted by Crippen LogP contribution is -2.35. The fourth-order valence-electron chi connectivity index (χ4n) is 5.44. The van der Waals surface area contributed by atoms with Crippen LogP contribution in [0.15, 0.2) is 78.9 Å². The van der Waals surface area contributed by atoms with Crippen LogP contribution in [0.2, 0.25) is 0 Å². The Kier molecular flexibility index (Phi) is 8.11. The lowest BCUT2D eigenvalue weighted by Gasteiger charge is -2.37. The summed E-state index contributed by atoms with van der Waals surface area (Å²) in [6.45, 7) is 7.54. The highest BCUT2D eigenvalue weighted by Gasteiger charge is 2.50. The van der Waals surface area contributed by atoms with Gasteiger partial charge in [0.05, 0.1) is 7.11 Å². The maximum Gasteiger partial charge on any atom is 0.534 e. The number of nitrogens with zero attached hydrogens (tertiary/aromatic N) is 1. The van der Waals surface area contributed by atoms with Crippen LogP contribution in [-0.4, -0.2) is 40.1 Å². The summed E-state index contributed by atoms with van der Waals surface area (Å²) >= 11 is 0. The highest BCUT2D eigenvalue weighted by atomic mass is 32.2. The molecular weight excluding hydrogens is 595 g/mol. The molecule has 0 N–H and O–H groups in total. The van der Waals surface area contributed by atoms with Crippen molar-refractivity contribution in [2.24, 2.45) is 0 Å². The zero-order valence-electron chi connectivity index (χ0n) is 24.4. The summed E-state index contributed by atoms with van der Waals surface area (Å²) in [4.78, 5) is 15.3. The minimum absolute atomic E-state index is 0.0219. The molecule has 1 heterocycles. The fraction of sp³-hybridized carbons (Fsp3) is 0.242. The second kappa shape index (κ2) is 11.5. The van der Waals surface area contributed by atoms with E-state index in [9.17, 15) is 26.4 Å². The van der Waals surface area contributed by atoms with Crippen LogP contribution in [0.3, 0.4) is 0 Å². The van der Waals surface area contributed by atoms with Crippen LogP contribution in [0, 0.1) is 6.92 Å². The van der Waals surface area contributed by atoms with Crippen LogP contribution in [0.4, 0.5) is 18.9 Å².